The number of tetrazole rings is 1. The number of nitrogens with zero attached hydrogens (tertiary/aromatic N) is 5. The van der Waals surface area contributed by atoms with Gasteiger partial charge in [0.2, 0.25) is 5.91 Å². The SMILES string of the molecule is O=C(CCCn1nnnc1CN1CCOCC1)NC1CCSC1. The molecule has 23 heavy (non-hydrogen) atoms. The van der Waals surface area contributed by atoms with Crippen LogP contribution < -0.4 is 5.32 Å². The second-order valence-corrected chi connectivity index (χ2v) is 7.09. The number of nitrogens with one attached hydrogen (secondary N) is 1. The summed E-state index contributed by atoms with van der Waals surface area (Å²) < 4.78 is 7.16. The number of morpholine rings is 1. The van der Waals surface area contributed by atoms with Crippen molar-refractivity contribution in [1.29, 1.82) is 0 Å². The van der Waals surface area contributed by atoms with E-state index in [1.54, 1.807) is 0 Å². The van der Waals surface area contributed by atoms with Gasteiger partial charge in [-0.15, -0.1) is 5.10 Å². The van der Waals surface area contributed by atoms with Crippen LogP contribution in [0.15, 0.2) is 0 Å². The first-order chi connectivity index (χ1) is 11.3. The van der Waals surface area contributed by atoms with Gasteiger partial charge < -0.3 is 10.1 Å². The summed E-state index contributed by atoms with van der Waals surface area (Å²) in [5.74, 6) is 3.20. The van der Waals surface area contributed by atoms with Crippen LogP contribution >= 0.6 is 11.8 Å². The Morgan fingerprint density at radius 3 is 3.04 bits per heavy atom. The molecule has 0 saturated carbocycles. The monoisotopic (exact) mass is 340 g/mol. The Hall–Kier alpha value is -1.19. The van der Waals surface area contributed by atoms with Crippen LogP contribution in [0.5, 0.6) is 0 Å². The number of carbonyl (C=O) groups is 1. The molecule has 3 heterocycles. The lowest BCUT2D eigenvalue weighted by Crippen LogP contribution is -2.36. The van der Waals surface area contributed by atoms with E-state index in [2.05, 4.69) is 25.7 Å². The van der Waals surface area contributed by atoms with Crippen molar-refractivity contribution in [2.75, 3.05) is 37.8 Å². The standard InChI is InChI=1S/C14H24N6O2S/c21-14(15-12-3-9-23-11-12)2-1-4-20-13(16-17-18-20)10-19-5-7-22-8-6-19/h12H,1-11H2,(H,15,21). The maximum atomic E-state index is 11.9. The molecule has 8 nitrogen and oxygen atoms in total. The third-order valence-electron chi connectivity index (χ3n) is 4.14. The van der Waals surface area contributed by atoms with Crippen molar-refractivity contribution in [2.24, 2.45) is 0 Å². The lowest BCUT2D eigenvalue weighted by molar-refractivity contribution is -0.121. The minimum atomic E-state index is 0.139. The second-order valence-electron chi connectivity index (χ2n) is 5.94. The zero-order valence-electron chi connectivity index (χ0n) is 13.3. The minimum Gasteiger partial charge on any atom is -0.379 e. The normalized spacial score (nSPS) is 22.3. The van der Waals surface area contributed by atoms with E-state index in [0.717, 1.165) is 63.0 Å². The Morgan fingerprint density at radius 2 is 2.26 bits per heavy atom. The molecule has 2 aliphatic rings. The minimum absolute atomic E-state index is 0.139. The molecular formula is C14H24N6O2S. The smallest absolute Gasteiger partial charge is 0.220 e. The Morgan fingerprint density at radius 1 is 1.39 bits per heavy atom. The average Bonchev–Trinajstić information content (AvgIpc) is 3.21. The van der Waals surface area contributed by atoms with Crippen LogP contribution in [0.25, 0.3) is 0 Å². The maximum absolute atomic E-state index is 11.9. The number of aromatic nitrogens is 4. The van der Waals surface area contributed by atoms with Gasteiger partial charge in [0.15, 0.2) is 5.82 Å². The average molecular weight is 340 g/mol. The van der Waals surface area contributed by atoms with Gasteiger partial charge in [0.05, 0.1) is 19.8 Å². The van der Waals surface area contributed by atoms with Gasteiger partial charge >= 0.3 is 0 Å². The summed E-state index contributed by atoms with van der Waals surface area (Å²) in [6.45, 7) is 4.77. The highest BCUT2D eigenvalue weighted by Crippen LogP contribution is 2.17. The Balaban J connectivity index is 1.39. The van der Waals surface area contributed by atoms with Gasteiger partial charge in [0.1, 0.15) is 0 Å². The van der Waals surface area contributed by atoms with Crippen molar-refractivity contribution in [1.82, 2.24) is 30.4 Å². The van der Waals surface area contributed by atoms with E-state index in [1.807, 2.05) is 16.4 Å². The van der Waals surface area contributed by atoms with Gasteiger partial charge in [-0.1, -0.05) is 0 Å². The number of carbonyl (C=O) groups excluding carboxylic acids is 1. The molecule has 2 aliphatic heterocycles. The van der Waals surface area contributed by atoms with Crippen LogP contribution in [0.2, 0.25) is 0 Å². The third-order valence-corrected chi connectivity index (χ3v) is 5.31. The van der Waals surface area contributed by atoms with Gasteiger partial charge in [0.25, 0.3) is 0 Å². The van der Waals surface area contributed by atoms with Crippen LogP contribution in [0.4, 0.5) is 0 Å². The number of hydrogen-bond donors (Lipinski definition) is 1. The van der Waals surface area contributed by atoms with E-state index in [1.165, 1.54) is 0 Å². The number of aryl methyl sites for hydroxylation is 1. The summed E-state index contributed by atoms with van der Waals surface area (Å²) in [5, 5.41) is 15.0. The number of thioether (sulfide) groups is 1. The highest BCUT2D eigenvalue weighted by Gasteiger charge is 2.18. The van der Waals surface area contributed by atoms with Crippen LogP contribution in [0, 0.1) is 0 Å². The molecule has 1 atom stereocenters. The van der Waals surface area contributed by atoms with Crippen LogP contribution in [-0.2, 0) is 22.6 Å². The lowest BCUT2D eigenvalue weighted by Gasteiger charge is -2.25. The molecule has 3 rings (SSSR count). The fourth-order valence-corrected chi connectivity index (χ4v) is 3.96. The van der Waals surface area contributed by atoms with Crippen molar-refractivity contribution in [3.05, 3.63) is 5.82 Å². The molecule has 2 saturated heterocycles. The molecule has 1 N–H and O–H groups in total. The molecule has 0 bridgehead atoms. The maximum Gasteiger partial charge on any atom is 0.220 e. The predicted molar refractivity (Wildman–Crippen MR) is 87.0 cm³/mol. The van der Waals surface area contributed by atoms with Gasteiger partial charge in [-0.05, 0) is 29.0 Å². The molecular weight excluding hydrogens is 316 g/mol. The number of ether oxygens (including phenoxy) is 1. The molecule has 0 radical (unpaired) electrons. The summed E-state index contributed by atoms with van der Waals surface area (Å²) in [6.07, 6.45) is 2.37. The third kappa shape index (κ3) is 5.15. The van der Waals surface area contributed by atoms with Crippen LogP contribution in [0.3, 0.4) is 0 Å². The zero-order valence-corrected chi connectivity index (χ0v) is 14.1. The molecule has 128 valence electrons. The summed E-state index contributed by atoms with van der Waals surface area (Å²) in [6, 6.07) is 0.359. The number of hydrogen-bond acceptors (Lipinski definition) is 7. The van der Waals surface area contributed by atoms with Gasteiger partial charge in [-0.3, -0.25) is 9.69 Å². The Kier molecular flexibility index (Phi) is 6.23. The molecule has 0 aliphatic carbocycles. The lowest BCUT2D eigenvalue weighted by atomic mass is 10.2. The topological polar surface area (TPSA) is 85.2 Å². The van der Waals surface area contributed by atoms with E-state index in [4.69, 9.17) is 4.74 Å². The molecule has 0 spiro atoms. The summed E-state index contributed by atoms with van der Waals surface area (Å²) in [7, 11) is 0. The Bertz CT molecular complexity index is 499. The first-order valence-electron chi connectivity index (χ1n) is 8.23. The van der Waals surface area contributed by atoms with Crippen molar-refractivity contribution in [2.45, 2.75) is 38.4 Å². The number of rotatable bonds is 7. The summed E-state index contributed by atoms with van der Waals surface area (Å²) >= 11 is 1.91. The molecule has 0 aromatic carbocycles. The van der Waals surface area contributed by atoms with Gasteiger partial charge in [0, 0.05) is 37.8 Å². The van der Waals surface area contributed by atoms with Gasteiger partial charge in [-0.2, -0.15) is 11.8 Å². The zero-order chi connectivity index (χ0) is 15.9. The van der Waals surface area contributed by atoms with E-state index < -0.39 is 0 Å². The summed E-state index contributed by atoms with van der Waals surface area (Å²) in [5.41, 5.74) is 0. The number of amides is 1. The summed E-state index contributed by atoms with van der Waals surface area (Å²) in [4.78, 5) is 14.2. The van der Waals surface area contributed by atoms with Crippen molar-refractivity contribution in [3.8, 4) is 0 Å². The van der Waals surface area contributed by atoms with Crippen LogP contribution in [0.1, 0.15) is 25.1 Å². The quantitative estimate of drug-likeness (QED) is 0.742. The predicted octanol–water partition coefficient (Wildman–Crippen LogP) is -0.0928. The molecule has 1 amide bonds. The van der Waals surface area contributed by atoms with Crippen molar-refractivity contribution in [3.63, 3.8) is 0 Å². The second kappa shape index (κ2) is 8.60. The Labute approximate surface area is 140 Å². The molecule has 9 heteroatoms. The largest absolute Gasteiger partial charge is 0.379 e. The molecule has 1 unspecified atom stereocenters. The first kappa shape index (κ1) is 16.7. The highest BCUT2D eigenvalue weighted by atomic mass is 32.2. The van der Waals surface area contributed by atoms with Crippen molar-refractivity contribution < 1.29 is 9.53 Å². The fourth-order valence-electron chi connectivity index (χ4n) is 2.81. The van der Waals surface area contributed by atoms with Crippen molar-refractivity contribution >= 4 is 17.7 Å². The van der Waals surface area contributed by atoms with E-state index in [9.17, 15) is 4.79 Å². The van der Waals surface area contributed by atoms with Crippen LogP contribution in [-0.4, -0.2) is 74.9 Å². The van der Waals surface area contributed by atoms with E-state index in [-0.39, 0.29) is 5.91 Å². The highest BCUT2D eigenvalue weighted by molar-refractivity contribution is 7.99. The first-order valence-corrected chi connectivity index (χ1v) is 9.39. The molecule has 1 aromatic rings. The fraction of sp³-hybridized carbons (Fsp3) is 0.857. The molecule has 2 fully saturated rings. The van der Waals surface area contributed by atoms with E-state index in [0.29, 0.717) is 19.0 Å². The van der Waals surface area contributed by atoms with E-state index >= 15 is 0 Å². The molecule has 1 aromatic heterocycles. The van der Waals surface area contributed by atoms with Gasteiger partial charge in [-0.25, -0.2) is 4.68 Å².